The third-order valence-electron chi connectivity index (χ3n) is 5.08. The summed E-state index contributed by atoms with van der Waals surface area (Å²) in [6, 6.07) is 1.96. The maximum atomic E-state index is 11.5. The van der Waals surface area contributed by atoms with Gasteiger partial charge in [0.15, 0.2) is 11.3 Å². The summed E-state index contributed by atoms with van der Waals surface area (Å²) in [5, 5.41) is 13.9. The topological polar surface area (TPSA) is 119 Å². The number of nitrogens with two attached hydrogens (primary N) is 1. The fourth-order valence-electron chi connectivity index (χ4n) is 4.11. The largest absolute Gasteiger partial charge is 0.345 e. The van der Waals surface area contributed by atoms with Gasteiger partial charge < -0.3 is 4.98 Å². The molecule has 1 fully saturated rings. The molecule has 3 atom stereocenters. The predicted octanol–water partition coefficient (Wildman–Crippen LogP) is 1.41. The zero-order chi connectivity index (χ0) is 16.9. The van der Waals surface area contributed by atoms with E-state index in [0.717, 1.165) is 36.3 Å². The second kappa shape index (κ2) is 5.52. The maximum absolute atomic E-state index is 11.5. The quantitative estimate of drug-likeness (QED) is 0.739. The second-order valence-electron chi connectivity index (χ2n) is 6.66. The Hall–Kier alpha value is -2.00. The van der Waals surface area contributed by atoms with Crippen LogP contribution in [0.15, 0.2) is 18.5 Å². The third-order valence-corrected chi connectivity index (χ3v) is 6.02. The Bertz CT molecular complexity index is 992. The number of rotatable bonds is 4. The highest BCUT2D eigenvalue weighted by Crippen LogP contribution is 2.44. The number of hydrogen-bond acceptors (Lipinski definition) is 5. The molecule has 0 saturated heterocycles. The van der Waals surface area contributed by atoms with E-state index in [1.165, 1.54) is 0 Å². The highest BCUT2D eigenvalue weighted by molar-refractivity contribution is 7.89. The molecule has 1 aliphatic carbocycles. The van der Waals surface area contributed by atoms with Crippen LogP contribution in [0.4, 0.5) is 0 Å². The Balaban J connectivity index is 1.77. The monoisotopic (exact) mass is 348 g/mol. The second-order valence-corrected chi connectivity index (χ2v) is 8.32. The Kier molecular flexibility index (Phi) is 3.57. The SMILES string of the molecule is CC[C@H]1C[C@@H](CS(N)(=O)=O)C[C@H]1c1nnc2cnc3[nH]ccc3n12. The van der Waals surface area contributed by atoms with Crippen molar-refractivity contribution in [1.29, 1.82) is 0 Å². The van der Waals surface area contributed by atoms with Gasteiger partial charge in [-0.05, 0) is 30.7 Å². The molecule has 128 valence electrons. The van der Waals surface area contributed by atoms with E-state index >= 15 is 0 Å². The first-order valence-electron chi connectivity index (χ1n) is 8.14. The summed E-state index contributed by atoms with van der Waals surface area (Å²) < 4.78 is 25.0. The molecule has 0 radical (unpaired) electrons. The lowest BCUT2D eigenvalue weighted by molar-refractivity contribution is 0.447. The zero-order valence-corrected chi connectivity index (χ0v) is 14.2. The van der Waals surface area contributed by atoms with E-state index in [2.05, 4.69) is 27.1 Å². The van der Waals surface area contributed by atoms with Gasteiger partial charge >= 0.3 is 0 Å². The molecule has 0 amide bonds. The van der Waals surface area contributed by atoms with Crippen molar-refractivity contribution in [3.8, 4) is 0 Å². The zero-order valence-electron chi connectivity index (χ0n) is 13.4. The van der Waals surface area contributed by atoms with Gasteiger partial charge in [0.25, 0.3) is 0 Å². The van der Waals surface area contributed by atoms with Gasteiger partial charge in [-0.25, -0.2) is 18.5 Å². The number of sulfonamides is 1. The minimum Gasteiger partial charge on any atom is -0.345 e. The van der Waals surface area contributed by atoms with Crippen LogP contribution >= 0.6 is 0 Å². The first kappa shape index (κ1) is 15.5. The molecule has 3 aromatic rings. The van der Waals surface area contributed by atoms with Crippen LogP contribution in [0, 0.1) is 11.8 Å². The van der Waals surface area contributed by atoms with Crippen LogP contribution in [-0.2, 0) is 10.0 Å². The highest BCUT2D eigenvalue weighted by Gasteiger charge is 2.38. The fourth-order valence-corrected chi connectivity index (χ4v) is 5.04. The van der Waals surface area contributed by atoms with Crippen LogP contribution < -0.4 is 5.14 Å². The number of H-pyrrole nitrogens is 1. The van der Waals surface area contributed by atoms with Gasteiger partial charge in [0.05, 0.1) is 17.5 Å². The van der Waals surface area contributed by atoms with E-state index in [9.17, 15) is 8.42 Å². The van der Waals surface area contributed by atoms with E-state index in [0.29, 0.717) is 11.6 Å². The van der Waals surface area contributed by atoms with E-state index in [4.69, 9.17) is 5.14 Å². The summed E-state index contributed by atoms with van der Waals surface area (Å²) in [6.45, 7) is 2.13. The highest BCUT2D eigenvalue weighted by atomic mass is 32.2. The van der Waals surface area contributed by atoms with Crippen LogP contribution in [-0.4, -0.2) is 38.7 Å². The number of hydrogen-bond donors (Lipinski definition) is 2. The molecule has 0 aliphatic heterocycles. The van der Waals surface area contributed by atoms with Gasteiger partial charge in [0, 0.05) is 12.1 Å². The van der Waals surface area contributed by atoms with Crippen LogP contribution in [0.3, 0.4) is 0 Å². The summed E-state index contributed by atoms with van der Waals surface area (Å²) in [5.41, 5.74) is 2.44. The van der Waals surface area contributed by atoms with Crippen LogP contribution in [0.2, 0.25) is 0 Å². The predicted molar refractivity (Wildman–Crippen MR) is 89.9 cm³/mol. The average Bonchev–Trinajstić information content (AvgIpc) is 3.21. The van der Waals surface area contributed by atoms with Gasteiger partial charge in [-0.15, -0.1) is 10.2 Å². The van der Waals surface area contributed by atoms with Crippen molar-refractivity contribution >= 4 is 26.8 Å². The molecule has 8 nitrogen and oxygen atoms in total. The van der Waals surface area contributed by atoms with Crippen molar-refractivity contribution < 1.29 is 8.42 Å². The smallest absolute Gasteiger partial charge is 0.209 e. The Morgan fingerprint density at radius 3 is 2.96 bits per heavy atom. The average molecular weight is 348 g/mol. The number of aromatic amines is 1. The van der Waals surface area contributed by atoms with Gasteiger partial charge in [-0.3, -0.25) is 4.40 Å². The lowest BCUT2D eigenvalue weighted by Gasteiger charge is -2.16. The van der Waals surface area contributed by atoms with Gasteiger partial charge in [0.2, 0.25) is 10.0 Å². The summed E-state index contributed by atoms with van der Waals surface area (Å²) in [5.74, 6) is 1.56. The van der Waals surface area contributed by atoms with Crippen molar-refractivity contribution in [2.75, 3.05) is 5.75 Å². The third kappa shape index (κ3) is 2.57. The number of fused-ring (bicyclic) bond motifs is 3. The molecule has 24 heavy (non-hydrogen) atoms. The van der Waals surface area contributed by atoms with Gasteiger partial charge in [0.1, 0.15) is 5.82 Å². The van der Waals surface area contributed by atoms with Crippen LogP contribution in [0.5, 0.6) is 0 Å². The Morgan fingerprint density at radius 2 is 2.21 bits per heavy atom. The molecule has 1 aliphatic rings. The summed E-state index contributed by atoms with van der Waals surface area (Å²) in [7, 11) is -3.46. The van der Waals surface area contributed by atoms with E-state index < -0.39 is 10.0 Å². The van der Waals surface area contributed by atoms with Crippen molar-refractivity contribution in [2.45, 2.75) is 32.1 Å². The van der Waals surface area contributed by atoms with Crippen molar-refractivity contribution in [3.63, 3.8) is 0 Å². The van der Waals surface area contributed by atoms with Crippen molar-refractivity contribution in [2.24, 2.45) is 17.0 Å². The molecule has 3 N–H and O–H groups in total. The van der Waals surface area contributed by atoms with Gasteiger partial charge in [-0.2, -0.15) is 0 Å². The molecular formula is C15H20N6O2S. The summed E-state index contributed by atoms with van der Waals surface area (Å²) in [4.78, 5) is 7.44. The Labute approximate surface area is 139 Å². The molecule has 9 heteroatoms. The molecule has 4 rings (SSSR count). The maximum Gasteiger partial charge on any atom is 0.209 e. The lowest BCUT2D eigenvalue weighted by Crippen LogP contribution is -2.21. The molecular weight excluding hydrogens is 328 g/mol. The Morgan fingerprint density at radius 1 is 1.38 bits per heavy atom. The minimum atomic E-state index is -3.46. The molecule has 1 saturated carbocycles. The normalized spacial score (nSPS) is 25.0. The minimum absolute atomic E-state index is 0.0395. The molecule has 0 bridgehead atoms. The molecule has 0 aromatic carbocycles. The van der Waals surface area contributed by atoms with E-state index in [1.54, 1.807) is 6.20 Å². The van der Waals surface area contributed by atoms with E-state index in [-0.39, 0.29) is 17.6 Å². The number of nitrogens with one attached hydrogen (secondary N) is 1. The van der Waals surface area contributed by atoms with Crippen molar-refractivity contribution in [1.82, 2.24) is 24.6 Å². The van der Waals surface area contributed by atoms with E-state index in [1.807, 2.05) is 16.7 Å². The molecule has 3 aromatic heterocycles. The van der Waals surface area contributed by atoms with Crippen molar-refractivity contribution in [3.05, 3.63) is 24.3 Å². The number of nitrogens with zero attached hydrogens (tertiary/aromatic N) is 4. The fraction of sp³-hybridized carbons (Fsp3) is 0.533. The summed E-state index contributed by atoms with van der Waals surface area (Å²) in [6.07, 6.45) is 6.14. The van der Waals surface area contributed by atoms with Crippen LogP contribution in [0.1, 0.15) is 37.9 Å². The summed E-state index contributed by atoms with van der Waals surface area (Å²) >= 11 is 0. The number of primary sulfonamides is 1. The lowest BCUT2D eigenvalue weighted by atomic mass is 9.93. The van der Waals surface area contributed by atoms with Crippen LogP contribution in [0.25, 0.3) is 16.8 Å². The number of aromatic nitrogens is 5. The first-order valence-corrected chi connectivity index (χ1v) is 9.85. The first-order chi connectivity index (χ1) is 11.5. The van der Waals surface area contributed by atoms with Gasteiger partial charge in [-0.1, -0.05) is 13.3 Å². The molecule has 0 spiro atoms. The molecule has 0 unspecified atom stereocenters. The standard InChI is InChI=1S/C15H20N6O2S/c1-2-10-5-9(8-24(16,22)23)6-11(10)15-20-19-13-7-18-14-12(21(13)15)3-4-17-14/h3-4,7,9-11,17H,2,5-6,8H2,1H3,(H2,16,22,23)/t9-,10+,11-/m1/s1. The molecule has 3 heterocycles.